The maximum atomic E-state index is 8.74. The zero-order valence-corrected chi connectivity index (χ0v) is 13.7. The standard InChI is InChI=1S/C15H15N3.H2O4S/c1-10-4-6-12-14(8-10)16-13-7-5-11(18(2)3)9-15(13)17-12;1-5(2,3)4/h4-9H,1-3H3;(H2,1,2,3,4). The number of hydrogen-bond acceptors (Lipinski definition) is 5. The summed E-state index contributed by atoms with van der Waals surface area (Å²) in [5, 5.41) is 0. The van der Waals surface area contributed by atoms with Crippen LogP contribution in [0.3, 0.4) is 0 Å². The molecular weight excluding hydrogens is 318 g/mol. The van der Waals surface area contributed by atoms with Gasteiger partial charge < -0.3 is 4.90 Å². The second kappa shape index (κ2) is 6.45. The van der Waals surface area contributed by atoms with Gasteiger partial charge in [0.2, 0.25) is 0 Å². The van der Waals surface area contributed by atoms with E-state index in [-0.39, 0.29) is 0 Å². The number of hydrogen-bond donors (Lipinski definition) is 2. The molecule has 0 aliphatic heterocycles. The molecule has 1 heterocycles. The smallest absolute Gasteiger partial charge is 0.378 e. The van der Waals surface area contributed by atoms with Crippen LogP contribution in [0, 0.1) is 6.92 Å². The molecule has 2 N–H and O–H groups in total. The average Bonchev–Trinajstić information content (AvgIpc) is 2.42. The predicted molar refractivity (Wildman–Crippen MR) is 90.3 cm³/mol. The Morgan fingerprint density at radius 1 is 0.870 bits per heavy atom. The Morgan fingerprint density at radius 3 is 1.87 bits per heavy atom. The maximum Gasteiger partial charge on any atom is 0.394 e. The van der Waals surface area contributed by atoms with Crippen molar-refractivity contribution in [3.63, 3.8) is 0 Å². The molecule has 3 aromatic rings. The third kappa shape index (κ3) is 4.85. The van der Waals surface area contributed by atoms with Gasteiger partial charge in [-0.15, -0.1) is 0 Å². The second-order valence-electron chi connectivity index (χ2n) is 5.23. The summed E-state index contributed by atoms with van der Waals surface area (Å²) >= 11 is 0. The van der Waals surface area contributed by atoms with Gasteiger partial charge in [-0.3, -0.25) is 9.11 Å². The third-order valence-electron chi connectivity index (χ3n) is 3.09. The Morgan fingerprint density at radius 2 is 1.35 bits per heavy atom. The van der Waals surface area contributed by atoms with Gasteiger partial charge in [-0.1, -0.05) is 6.07 Å². The molecule has 8 heteroatoms. The van der Waals surface area contributed by atoms with Gasteiger partial charge in [-0.2, -0.15) is 8.42 Å². The first-order chi connectivity index (χ1) is 10.6. The van der Waals surface area contributed by atoms with E-state index in [9.17, 15) is 0 Å². The van der Waals surface area contributed by atoms with E-state index in [2.05, 4.69) is 46.1 Å². The Balaban J connectivity index is 0.000000338. The first-order valence-electron chi connectivity index (χ1n) is 6.69. The van der Waals surface area contributed by atoms with Gasteiger partial charge >= 0.3 is 10.4 Å². The van der Waals surface area contributed by atoms with Crippen molar-refractivity contribution in [1.29, 1.82) is 0 Å². The summed E-state index contributed by atoms with van der Waals surface area (Å²) in [6.45, 7) is 2.07. The Bertz CT molecular complexity index is 948. The fourth-order valence-corrected chi connectivity index (χ4v) is 2.05. The predicted octanol–water partition coefficient (Wildman–Crippen LogP) is 2.50. The molecule has 3 rings (SSSR count). The summed E-state index contributed by atoms with van der Waals surface area (Å²) in [4.78, 5) is 11.4. The summed E-state index contributed by atoms with van der Waals surface area (Å²) < 4.78 is 31.6. The molecule has 0 saturated heterocycles. The van der Waals surface area contributed by atoms with Gasteiger partial charge in [0.1, 0.15) is 0 Å². The van der Waals surface area contributed by atoms with E-state index in [1.165, 1.54) is 5.56 Å². The molecule has 0 atom stereocenters. The zero-order chi connectivity index (χ0) is 17.2. The fourth-order valence-electron chi connectivity index (χ4n) is 2.05. The molecule has 23 heavy (non-hydrogen) atoms. The number of fused-ring (bicyclic) bond motifs is 2. The summed E-state index contributed by atoms with van der Waals surface area (Å²) in [6.07, 6.45) is 0. The Hall–Kier alpha value is -2.29. The third-order valence-corrected chi connectivity index (χ3v) is 3.09. The van der Waals surface area contributed by atoms with Crippen LogP contribution in [0.25, 0.3) is 22.1 Å². The molecule has 0 aliphatic rings. The summed E-state index contributed by atoms with van der Waals surface area (Å²) in [5.41, 5.74) is 6.14. The van der Waals surface area contributed by atoms with Crippen molar-refractivity contribution in [2.75, 3.05) is 19.0 Å². The lowest BCUT2D eigenvalue weighted by Crippen LogP contribution is -2.08. The van der Waals surface area contributed by atoms with Crippen LogP contribution in [-0.2, 0) is 10.4 Å². The molecule has 0 radical (unpaired) electrons. The van der Waals surface area contributed by atoms with E-state index in [0.717, 1.165) is 27.8 Å². The molecule has 0 spiro atoms. The Labute approximate surface area is 134 Å². The van der Waals surface area contributed by atoms with E-state index in [0.29, 0.717) is 0 Å². The minimum absolute atomic E-state index is 0.942. The van der Waals surface area contributed by atoms with Gasteiger partial charge in [0, 0.05) is 19.8 Å². The van der Waals surface area contributed by atoms with Crippen LogP contribution in [0.2, 0.25) is 0 Å². The number of aryl methyl sites for hydroxylation is 1. The van der Waals surface area contributed by atoms with E-state index >= 15 is 0 Å². The van der Waals surface area contributed by atoms with Gasteiger partial charge in [-0.05, 0) is 42.8 Å². The lowest BCUT2D eigenvalue weighted by atomic mass is 10.2. The van der Waals surface area contributed by atoms with Crippen LogP contribution in [0.15, 0.2) is 36.4 Å². The first-order valence-corrected chi connectivity index (χ1v) is 8.08. The highest BCUT2D eigenvalue weighted by Crippen LogP contribution is 2.21. The highest BCUT2D eigenvalue weighted by Gasteiger charge is 2.03. The van der Waals surface area contributed by atoms with Crippen molar-refractivity contribution in [3.05, 3.63) is 42.0 Å². The highest BCUT2D eigenvalue weighted by molar-refractivity contribution is 7.79. The van der Waals surface area contributed by atoms with Gasteiger partial charge in [0.15, 0.2) is 0 Å². The van der Waals surface area contributed by atoms with Crippen LogP contribution < -0.4 is 4.90 Å². The van der Waals surface area contributed by atoms with Gasteiger partial charge in [0.25, 0.3) is 0 Å². The first kappa shape index (κ1) is 17.1. The van der Waals surface area contributed by atoms with Crippen molar-refractivity contribution >= 4 is 38.2 Å². The quantitative estimate of drug-likeness (QED) is 0.520. The van der Waals surface area contributed by atoms with E-state index in [1.54, 1.807) is 0 Å². The number of anilines is 1. The number of benzene rings is 2. The SMILES string of the molecule is Cc1ccc2nc3cc(N(C)C)ccc3nc2c1.O=S(=O)(O)O. The van der Waals surface area contributed by atoms with Gasteiger partial charge in [0.05, 0.1) is 22.1 Å². The average molecular weight is 335 g/mol. The lowest BCUT2D eigenvalue weighted by Gasteiger charge is -2.12. The lowest BCUT2D eigenvalue weighted by molar-refractivity contribution is 0.381. The molecular formula is C15H17N3O4S. The van der Waals surface area contributed by atoms with Crippen molar-refractivity contribution in [2.24, 2.45) is 0 Å². The minimum Gasteiger partial charge on any atom is -0.378 e. The van der Waals surface area contributed by atoms with E-state index in [4.69, 9.17) is 17.5 Å². The number of aromatic nitrogens is 2. The molecule has 0 unspecified atom stereocenters. The highest BCUT2D eigenvalue weighted by atomic mass is 32.3. The Kier molecular flexibility index (Phi) is 4.79. The second-order valence-corrected chi connectivity index (χ2v) is 6.13. The summed E-state index contributed by atoms with van der Waals surface area (Å²) in [5.74, 6) is 0. The van der Waals surface area contributed by atoms with Crippen LogP contribution in [0.1, 0.15) is 5.56 Å². The number of nitrogens with zero attached hydrogens (tertiary/aromatic N) is 3. The molecule has 7 nitrogen and oxygen atoms in total. The molecule has 0 bridgehead atoms. The summed E-state index contributed by atoms with van der Waals surface area (Å²) in [6, 6.07) is 12.3. The van der Waals surface area contributed by atoms with Crippen LogP contribution >= 0.6 is 0 Å². The monoisotopic (exact) mass is 335 g/mol. The molecule has 122 valence electrons. The molecule has 0 aliphatic carbocycles. The largest absolute Gasteiger partial charge is 0.394 e. The fraction of sp³-hybridized carbons (Fsp3) is 0.200. The van der Waals surface area contributed by atoms with Crippen molar-refractivity contribution < 1.29 is 17.5 Å². The van der Waals surface area contributed by atoms with Crippen molar-refractivity contribution in [3.8, 4) is 0 Å². The van der Waals surface area contributed by atoms with Gasteiger partial charge in [-0.25, -0.2) is 9.97 Å². The molecule has 0 saturated carbocycles. The minimum atomic E-state index is -4.67. The number of rotatable bonds is 1. The van der Waals surface area contributed by atoms with E-state index < -0.39 is 10.4 Å². The van der Waals surface area contributed by atoms with Crippen LogP contribution in [-0.4, -0.2) is 41.6 Å². The van der Waals surface area contributed by atoms with Crippen LogP contribution in [0.5, 0.6) is 0 Å². The summed E-state index contributed by atoms with van der Waals surface area (Å²) in [7, 11) is -0.613. The normalized spacial score (nSPS) is 11.2. The molecule has 0 amide bonds. The molecule has 1 aromatic heterocycles. The van der Waals surface area contributed by atoms with E-state index in [1.807, 2.05) is 26.2 Å². The van der Waals surface area contributed by atoms with Crippen molar-refractivity contribution in [1.82, 2.24) is 9.97 Å². The zero-order valence-electron chi connectivity index (χ0n) is 12.9. The van der Waals surface area contributed by atoms with Crippen molar-refractivity contribution in [2.45, 2.75) is 6.92 Å². The van der Waals surface area contributed by atoms with Crippen LogP contribution in [0.4, 0.5) is 5.69 Å². The molecule has 2 aromatic carbocycles. The topological polar surface area (TPSA) is 104 Å². The maximum absolute atomic E-state index is 8.74. The molecule has 0 fully saturated rings.